The molecule has 116 valence electrons. The van der Waals surface area contributed by atoms with Crippen LogP contribution in [0.2, 0.25) is 5.02 Å². The third-order valence-corrected chi connectivity index (χ3v) is 3.25. The predicted molar refractivity (Wildman–Crippen MR) is 85.6 cm³/mol. The molecule has 0 radical (unpaired) electrons. The lowest BCUT2D eigenvalue weighted by Crippen LogP contribution is -2.11. The smallest absolute Gasteiger partial charge is 0.292 e. The largest absolute Gasteiger partial charge is 0.459 e. The molecule has 0 unspecified atom stereocenters. The van der Waals surface area contributed by atoms with Crippen molar-refractivity contribution in [2.75, 3.05) is 10.6 Å². The van der Waals surface area contributed by atoms with Crippen molar-refractivity contribution in [3.63, 3.8) is 0 Å². The lowest BCUT2D eigenvalue weighted by molar-refractivity contribution is 0.0996. The highest BCUT2D eigenvalue weighted by Crippen LogP contribution is 2.23. The Morgan fingerprint density at radius 2 is 2.00 bits per heavy atom. The van der Waals surface area contributed by atoms with E-state index in [2.05, 4.69) is 15.6 Å². The Kier molecular flexibility index (Phi) is 4.25. The minimum absolute atomic E-state index is 0.0327. The fourth-order valence-corrected chi connectivity index (χ4v) is 2.05. The minimum Gasteiger partial charge on any atom is -0.459 e. The molecule has 7 heteroatoms. The van der Waals surface area contributed by atoms with Crippen LogP contribution in [0, 0.1) is 5.82 Å². The van der Waals surface area contributed by atoms with Gasteiger partial charge in [-0.3, -0.25) is 4.79 Å². The first-order valence-corrected chi connectivity index (χ1v) is 7.02. The average Bonchev–Trinajstić information content (AvgIpc) is 3.07. The van der Waals surface area contributed by atoms with Gasteiger partial charge in [0.25, 0.3) is 5.91 Å². The van der Waals surface area contributed by atoms with Crippen LogP contribution < -0.4 is 10.6 Å². The number of furan rings is 1. The molecular weight excluding hydrogens is 321 g/mol. The summed E-state index contributed by atoms with van der Waals surface area (Å²) >= 11 is 5.72. The van der Waals surface area contributed by atoms with Crippen LogP contribution in [-0.2, 0) is 0 Å². The topological polar surface area (TPSA) is 67.2 Å². The second kappa shape index (κ2) is 6.50. The molecular formula is C16H11ClFN3O2. The molecule has 0 bridgehead atoms. The maximum atomic E-state index is 13.1. The predicted octanol–water partition coefficient (Wildman–Crippen LogP) is 4.46. The lowest BCUT2D eigenvalue weighted by atomic mass is 10.3. The van der Waals surface area contributed by atoms with E-state index in [4.69, 9.17) is 16.0 Å². The van der Waals surface area contributed by atoms with Crippen molar-refractivity contribution in [3.05, 3.63) is 71.5 Å². The van der Waals surface area contributed by atoms with E-state index in [9.17, 15) is 9.18 Å². The van der Waals surface area contributed by atoms with Gasteiger partial charge in [0.1, 0.15) is 11.6 Å². The highest BCUT2D eigenvalue weighted by molar-refractivity contribution is 6.31. The van der Waals surface area contributed by atoms with Crippen LogP contribution in [-0.4, -0.2) is 10.9 Å². The van der Waals surface area contributed by atoms with Gasteiger partial charge in [0.15, 0.2) is 5.76 Å². The second-order valence-electron chi connectivity index (χ2n) is 4.62. The highest BCUT2D eigenvalue weighted by atomic mass is 35.5. The number of aromatic nitrogens is 1. The van der Waals surface area contributed by atoms with E-state index in [-0.39, 0.29) is 16.7 Å². The van der Waals surface area contributed by atoms with Crippen LogP contribution in [0.1, 0.15) is 10.6 Å². The average molecular weight is 332 g/mol. The van der Waals surface area contributed by atoms with Crippen LogP contribution >= 0.6 is 11.6 Å². The summed E-state index contributed by atoms with van der Waals surface area (Å²) in [5.74, 6) is -0.274. The Morgan fingerprint density at radius 3 is 2.65 bits per heavy atom. The number of carbonyl (C=O) groups is 1. The Bertz CT molecular complexity index is 820. The quantitative estimate of drug-likeness (QED) is 0.740. The van der Waals surface area contributed by atoms with Crippen molar-refractivity contribution >= 4 is 34.7 Å². The van der Waals surface area contributed by atoms with Gasteiger partial charge in [-0.1, -0.05) is 11.6 Å². The molecule has 2 aromatic heterocycles. The van der Waals surface area contributed by atoms with Crippen molar-refractivity contribution in [1.82, 2.24) is 4.98 Å². The summed E-state index contributed by atoms with van der Waals surface area (Å²) in [7, 11) is 0. The van der Waals surface area contributed by atoms with Crippen molar-refractivity contribution < 1.29 is 13.6 Å². The number of halogens is 2. The number of hydrogen-bond donors (Lipinski definition) is 2. The number of nitrogens with one attached hydrogen (secondary N) is 2. The summed E-state index contributed by atoms with van der Waals surface area (Å²) < 4.78 is 18.1. The van der Waals surface area contributed by atoms with E-state index < -0.39 is 5.82 Å². The van der Waals surface area contributed by atoms with E-state index in [1.807, 2.05) is 0 Å². The molecule has 1 aromatic carbocycles. The fourth-order valence-electron chi connectivity index (χ4n) is 1.87. The van der Waals surface area contributed by atoms with Crippen LogP contribution in [0.15, 0.2) is 59.3 Å². The Hall–Kier alpha value is -2.86. The molecule has 2 heterocycles. The number of amides is 1. The van der Waals surface area contributed by atoms with Crippen molar-refractivity contribution in [1.29, 1.82) is 0 Å². The SMILES string of the molecule is O=C(Nc1ccc(Nc2ccc(F)c(Cl)c2)cn1)c1ccco1. The van der Waals surface area contributed by atoms with E-state index in [0.29, 0.717) is 17.2 Å². The number of anilines is 3. The van der Waals surface area contributed by atoms with Gasteiger partial charge in [0.2, 0.25) is 0 Å². The molecule has 0 aliphatic heterocycles. The molecule has 3 aromatic rings. The number of nitrogens with zero attached hydrogens (tertiary/aromatic N) is 1. The first-order chi connectivity index (χ1) is 11.1. The van der Waals surface area contributed by atoms with E-state index >= 15 is 0 Å². The molecule has 2 N–H and O–H groups in total. The maximum absolute atomic E-state index is 13.1. The number of pyridine rings is 1. The van der Waals surface area contributed by atoms with Gasteiger partial charge >= 0.3 is 0 Å². The molecule has 3 rings (SSSR count). The normalized spacial score (nSPS) is 10.3. The van der Waals surface area contributed by atoms with Gasteiger partial charge < -0.3 is 15.1 Å². The van der Waals surface area contributed by atoms with Gasteiger partial charge in [-0.15, -0.1) is 0 Å². The lowest BCUT2D eigenvalue weighted by Gasteiger charge is -2.08. The van der Waals surface area contributed by atoms with E-state index in [0.717, 1.165) is 0 Å². The Balaban J connectivity index is 1.67. The Morgan fingerprint density at radius 1 is 1.17 bits per heavy atom. The van der Waals surface area contributed by atoms with Crippen molar-refractivity contribution in [2.45, 2.75) is 0 Å². The standard InChI is InChI=1S/C16H11ClFN3O2/c17-12-8-10(3-5-13(12)18)20-11-4-6-15(19-9-11)21-16(22)14-2-1-7-23-14/h1-9,20H,(H,19,21,22). The first-order valence-electron chi connectivity index (χ1n) is 6.65. The molecule has 0 saturated carbocycles. The van der Waals surface area contributed by atoms with E-state index in [1.165, 1.54) is 24.6 Å². The zero-order valence-electron chi connectivity index (χ0n) is 11.7. The van der Waals surface area contributed by atoms with Gasteiger partial charge in [0.05, 0.1) is 23.2 Å². The van der Waals surface area contributed by atoms with Crippen LogP contribution in [0.5, 0.6) is 0 Å². The molecule has 0 aliphatic rings. The molecule has 1 amide bonds. The van der Waals surface area contributed by atoms with Crippen LogP contribution in [0.4, 0.5) is 21.6 Å². The molecule has 0 atom stereocenters. The molecule has 0 fully saturated rings. The van der Waals surface area contributed by atoms with Gasteiger partial charge in [-0.25, -0.2) is 9.37 Å². The summed E-state index contributed by atoms with van der Waals surface area (Å²) in [6.45, 7) is 0. The van der Waals surface area contributed by atoms with Crippen molar-refractivity contribution in [2.24, 2.45) is 0 Å². The van der Waals surface area contributed by atoms with E-state index in [1.54, 1.807) is 30.3 Å². The molecule has 23 heavy (non-hydrogen) atoms. The van der Waals surface area contributed by atoms with Crippen LogP contribution in [0.25, 0.3) is 0 Å². The molecule has 0 spiro atoms. The third kappa shape index (κ3) is 3.67. The monoisotopic (exact) mass is 331 g/mol. The maximum Gasteiger partial charge on any atom is 0.292 e. The number of hydrogen-bond acceptors (Lipinski definition) is 4. The summed E-state index contributed by atoms with van der Waals surface area (Å²) in [5, 5.41) is 5.68. The zero-order valence-corrected chi connectivity index (χ0v) is 12.5. The molecule has 5 nitrogen and oxygen atoms in total. The fraction of sp³-hybridized carbons (Fsp3) is 0. The first kappa shape index (κ1) is 15.1. The number of benzene rings is 1. The summed E-state index contributed by atoms with van der Waals surface area (Å²) in [6.07, 6.45) is 2.96. The third-order valence-electron chi connectivity index (χ3n) is 2.96. The van der Waals surface area contributed by atoms with Crippen molar-refractivity contribution in [3.8, 4) is 0 Å². The summed E-state index contributed by atoms with van der Waals surface area (Å²) in [6, 6.07) is 10.9. The van der Waals surface area contributed by atoms with Gasteiger partial charge in [-0.2, -0.15) is 0 Å². The zero-order chi connectivity index (χ0) is 16.2. The number of rotatable bonds is 4. The Labute approximate surface area is 136 Å². The van der Waals surface area contributed by atoms with Gasteiger partial charge in [-0.05, 0) is 42.5 Å². The minimum atomic E-state index is -0.480. The summed E-state index contributed by atoms with van der Waals surface area (Å²) in [4.78, 5) is 15.9. The van der Waals surface area contributed by atoms with Crippen LogP contribution in [0.3, 0.4) is 0 Å². The van der Waals surface area contributed by atoms with Gasteiger partial charge in [0, 0.05) is 5.69 Å². The molecule has 0 aliphatic carbocycles. The molecule has 0 saturated heterocycles. The summed E-state index contributed by atoms with van der Waals surface area (Å²) in [5.41, 5.74) is 1.30. The second-order valence-corrected chi connectivity index (χ2v) is 5.02. The number of carbonyl (C=O) groups excluding carboxylic acids is 1. The highest BCUT2D eigenvalue weighted by Gasteiger charge is 2.09.